The van der Waals surface area contributed by atoms with Gasteiger partial charge >= 0.3 is 0 Å². The van der Waals surface area contributed by atoms with Crippen molar-refractivity contribution in [3.05, 3.63) is 136 Å². The number of carbonyl (C=O) groups is 4. The third kappa shape index (κ3) is 9.22. The van der Waals surface area contributed by atoms with Gasteiger partial charge < -0.3 is 29.5 Å². The van der Waals surface area contributed by atoms with E-state index in [1.807, 2.05) is 24.4 Å². The zero-order valence-corrected chi connectivity index (χ0v) is 40.1. The molecule has 1 aliphatic carbocycles. The molecule has 7 heterocycles. The zero-order valence-electron chi connectivity index (χ0n) is 40.1. The van der Waals surface area contributed by atoms with E-state index in [1.165, 1.54) is 27.9 Å². The molecule has 3 aromatic carbocycles. The van der Waals surface area contributed by atoms with Crippen LogP contribution in [-0.2, 0) is 29.1 Å². The average molecular weight is 940 g/mol. The number of anilines is 4. The van der Waals surface area contributed by atoms with Crippen molar-refractivity contribution in [2.45, 2.75) is 88.9 Å². The molecule has 360 valence electrons. The van der Waals surface area contributed by atoms with Crippen LogP contribution in [0.3, 0.4) is 0 Å². The number of likely N-dealkylation sites (tertiary alicyclic amines) is 1. The van der Waals surface area contributed by atoms with E-state index < -0.39 is 6.04 Å². The first kappa shape index (κ1) is 45.3. The summed E-state index contributed by atoms with van der Waals surface area (Å²) in [5.41, 5.74) is 10.7. The molecular weight excluding hydrogens is 879 g/mol. The number of benzene rings is 3. The van der Waals surface area contributed by atoms with Crippen molar-refractivity contribution in [1.82, 2.24) is 39.5 Å². The molecule has 1 unspecified atom stereocenters. The van der Waals surface area contributed by atoms with E-state index in [2.05, 4.69) is 102 Å². The fraction of sp³-hybridized carbons (Fsp3) is 0.400. The van der Waals surface area contributed by atoms with E-state index in [0.29, 0.717) is 41.9 Å². The molecule has 0 radical (unpaired) electrons. The predicted molar refractivity (Wildman–Crippen MR) is 270 cm³/mol. The average Bonchev–Trinajstić information content (AvgIpc) is 4.13. The Labute approximate surface area is 408 Å². The predicted octanol–water partition coefficient (Wildman–Crippen LogP) is 7.44. The summed E-state index contributed by atoms with van der Waals surface area (Å²) in [5, 5.41) is 6.57. The molecule has 4 amide bonds. The number of hydrogen-bond donors (Lipinski definition) is 2. The first-order valence-electron chi connectivity index (χ1n) is 25.1. The number of imide groups is 1. The topological polar surface area (TPSA) is 152 Å². The molecule has 15 heteroatoms. The summed E-state index contributed by atoms with van der Waals surface area (Å²) in [6, 6.07) is 29.8. The lowest BCUT2D eigenvalue weighted by molar-refractivity contribution is -0.136. The van der Waals surface area contributed by atoms with Gasteiger partial charge in [0.1, 0.15) is 23.2 Å². The maximum Gasteiger partial charge on any atom is 0.270 e. The molecule has 11 rings (SSSR count). The zero-order chi connectivity index (χ0) is 47.9. The van der Waals surface area contributed by atoms with Gasteiger partial charge in [-0.05, 0) is 122 Å². The number of nitrogens with one attached hydrogen (secondary N) is 2. The van der Waals surface area contributed by atoms with Crippen LogP contribution in [0.15, 0.2) is 97.3 Å². The fourth-order valence-corrected chi connectivity index (χ4v) is 11.4. The van der Waals surface area contributed by atoms with Gasteiger partial charge in [0.15, 0.2) is 0 Å². The number of rotatable bonds is 12. The summed E-state index contributed by atoms with van der Waals surface area (Å²) >= 11 is 0. The standard InChI is InChI=1S/C55H61N11O4/c1-61(2)54(70)48-31-41-32-57-55(60-51(41)66(48)44-9-5-6-10-44)58-49-19-16-45(33-56-49)64-27-25-63(26-28-64)43-14-11-36(12-15-43)29-38-7-3-4-8-40(38)34-62-23-21-37(22-24-62)39-13-17-46-42(30-39)35-65(53(46)69)47-18-20-50(67)59-52(47)68/h3-4,7-8,11-17,19,30-33,37,44,47H,5-6,9-10,18,20-29,34-35H2,1-2H3,(H,59,67,68)(H,56,57,58,60). The van der Waals surface area contributed by atoms with Crippen LogP contribution in [0.4, 0.5) is 23.1 Å². The molecule has 0 bridgehead atoms. The molecule has 3 saturated heterocycles. The highest BCUT2D eigenvalue weighted by Gasteiger charge is 2.39. The monoisotopic (exact) mass is 939 g/mol. The molecule has 1 saturated carbocycles. The van der Waals surface area contributed by atoms with E-state index in [4.69, 9.17) is 9.97 Å². The highest BCUT2D eigenvalue weighted by atomic mass is 16.2. The maximum absolute atomic E-state index is 13.2. The Hall–Kier alpha value is -7.13. The third-order valence-electron chi connectivity index (χ3n) is 15.3. The second-order valence-electron chi connectivity index (χ2n) is 20.0. The smallest absolute Gasteiger partial charge is 0.270 e. The van der Waals surface area contributed by atoms with Gasteiger partial charge in [-0.15, -0.1) is 0 Å². The maximum atomic E-state index is 13.2. The highest BCUT2D eigenvalue weighted by molar-refractivity contribution is 6.05. The van der Waals surface area contributed by atoms with Gasteiger partial charge in [-0.3, -0.25) is 29.4 Å². The molecule has 0 spiro atoms. The van der Waals surface area contributed by atoms with Gasteiger partial charge in [-0.1, -0.05) is 61.4 Å². The lowest BCUT2D eigenvalue weighted by Gasteiger charge is -2.37. The van der Waals surface area contributed by atoms with Crippen molar-refractivity contribution in [3.8, 4) is 0 Å². The van der Waals surface area contributed by atoms with Crippen LogP contribution in [0.1, 0.15) is 112 Å². The van der Waals surface area contributed by atoms with Crippen LogP contribution >= 0.6 is 0 Å². The lowest BCUT2D eigenvalue weighted by atomic mass is 9.87. The van der Waals surface area contributed by atoms with Crippen molar-refractivity contribution >= 4 is 57.8 Å². The Bertz CT molecular complexity index is 2930. The van der Waals surface area contributed by atoms with Crippen LogP contribution in [0.25, 0.3) is 11.0 Å². The molecule has 3 aromatic heterocycles. The Morgan fingerprint density at radius 1 is 0.771 bits per heavy atom. The quantitative estimate of drug-likeness (QED) is 0.118. The molecule has 4 aliphatic heterocycles. The van der Waals surface area contributed by atoms with Gasteiger partial charge in [0, 0.05) is 88.7 Å². The number of fused-ring (bicyclic) bond motifs is 2. The number of amides is 4. The summed E-state index contributed by atoms with van der Waals surface area (Å²) in [6.07, 6.45) is 11.7. The molecule has 5 aliphatic rings. The van der Waals surface area contributed by atoms with Crippen molar-refractivity contribution in [2.24, 2.45) is 0 Å². The Balaban J connectivity index is 0.658. The summed E-state index contributed by atoms with van der Waals surface area (Å²) in [4.78, 5) is 75.5. The number of piperazine rings is 1. The molecule has 6 aromatic rings. The van der Waals surface area contributed by atoms with Crippen LogP contribution < -0.4 is 20.4 Å². The summed E-state index contributed by atoms with van der Waals surface area (Å²) in [5.74, 6) is 0.770. The lowest BCUT2D eigenvalue weighted by Crippen LogP contribution is -2.52. The fourth-order valence-electron chi connectivity index (χ4n) is 11.4. The molecule has 70 heavy (non-hydrogen) atoms. The molecule has 4 fully saturated rings. The number of piperidine rings is 2. The van der Waals surface area contributed by atoms with Gasteiger partial charge in [-0.2, -0.15) is 4.98 Å². The SMILES string of the molecule is CN(C)C(=O)c1cc2cnc(Nc3ccc(N4CCN(c5ccc(Cc6ccccc6CN6CCC(c7ccc8c(c7)CN(C7CCC(=O)NC7=O)C8=O)CC6)cc5)CC4)cn3)nc2n1C1CCCC1. The summed E-state index contributed by atoms with van der Waals surface area (Å²) < 4.78 is 2.13. The number of aromatic nitrogens is 4. The number of hydrogen-bond acceptors (Lipinski definition) is 11. The van der Waals surface area contributed by atoms with Crippen molar-refractivity contribution in [1.29, 1.82) is 0 Å². The number of carbonyl (C=O) groups excluding carboxylic acids is 4. The van der Waals surface area contributed by atoms with Crippen LogP contribution in [-0.4, -0.2) is 117 Å². The van der Waals surface area contributed by atoms with E-state index >= 15 is 0 Å². The Morgan fingerprint density at radius 2 is 1.50 bits per heavy atom. The van der Waals surface area contributed by atoms with Gasteiger partial charge in [-0.25, -0.2) is 9.97 Å². The third-order valence-corrected chi connectivity index (χ3v) is 15.3. The largest absolute Gasteiger partial charge is 0.368 e. The summed E-state index contributed by atoms with van der Waals surface area (Å²) in [6.45, 7) is 6.97. The van der Waals surface area contributed by atoms with E-state index in [9.17, 15) is 19.2 Å². The molecular formula is C55H61N11O4. The van der Waals surface area contributed by atoms with Gasteiger partial charge in [0.2, 0.25) is 17.8 Å². The van der Waals surface area contributed by atoms with Crippen LogP contribution in [0.2, 0.25) is 0 Å². The minimum absolute atomic E-state index is 0.0226. The minimum Gasteiger partial charge on any atom is -0.368 e. The Kier molecular flexibility index (Phi) is 12.5. The number of pyridine rings is 1. The molecule has 2 N–H and O–H groups in total. The second kappa shape index (κ2) is 19.3. The van der Waals surface area contributed by atoms with E-state index in [1.54, 1.807) is 30.1 Å². The van der Waals surface area contributed by atoms with Crippen molar-refractivity contribution in [3.63, 3.8) is 0 Å². The van der Waals surface area contributed by atoms with Crippen molar-refractivity contribution < 1.29 is 19.2 Å². The van der Waals surface area contributed by atoms with E-state index in [-0.39, 0.29) is 36.1 Å². The van der Waals surface area contributed by atoms with Gasteiger partial charge in [0.05, 0.1) is 11.9 Å². The first-order chi connectivity index (χ1) is 34.1. The van der Waals surface area contributed by atoms with Crippen LogP contribution in [0, 0.1) is 0 Å². The normalized spacial score (nSPS) is 19.3. The van der Waals surface area contributed by atoms with Crippen molar-refractivity contribution in [2.75, 3.05) is 68.5 Å². The van der Waals surface area contributed by atoms with Crippen LogP contribution in [0.5, 0.6) is 0 Å². The first-order valence-corrected chi connectivity index (χ1v) is 25.1. The molecule has 15 nitrogen and oxygen atoms in total. The summed E-state index contributed by atoms with van der Waals surface area (Å²) in [7, 11) is 3.57. The second-order valence-corrected chi connectivity index (χ2v) is 20.0. The number of nitrogens with zero attached hydrogens (tertiary/aromatic N) is 9. The van der Waals surface area contributed by atoms with E-state index in [0.717, 1.165) is 113 Å². The van der Waals surface area contributed by atoms with Gasteiger partial charge in [0.25, 0.3) is 11.8 Å². The Morgan fingerprint density at radius 3 is 2.21 bits per heavy atom. The highest BCUT2D eigenvalue weighted by Crippen LogP contribution is 2.37. The minimum atomic E-state index is -0.593. The molecule has 1 atom stereocenters.